The first-order chi connectivity index (χ1) is 8.08. The second-order valence-electron chi connectivity index (χ2n) is 5.22. The van der Waals surface area contributed by atoms with Crippen molar-refractivity contribution >= 4 is 5.91 Å². The molecule has 1 saturated heterocycles. The fourth-order valence-electron chi connectivity index (χ4n) is 2.36. The van der Waals surface area contributed by atoms with Crippen LogP contribution in [0, 0.1) is 11.8 Å². The minimum absolute atomic E-state index is 0.250. The van der Waals surface area contributed by atoms with Crippen molar-refractivity contribution in [1.82, 2.24) is 10.2 Å². The molecule has 0 saturated carbocycles. The lowest BCUT2D eigenvalue weighted by Gasteiger charge is -2.24. The normalized spacial score (nSPS) is 22.5. The summed E-state index contributed by atoms with van der Waals surface area (Å²) < 4.78 is 5.18. The molecule has 1 amide bonds. The monoisotopic (exact) mass is 242 g/mol. The Kier molecular flexibility index (Phi) is 5.92. The summed E-state index contributed by atoms with van der Waals surface area (Å²) in [6.45, 7) is 9.70. The minimum Gasteiger partial charge on any atom is -0.383 e. The van der Waals surface area contributed by atoms with Crippen LogP contribution in [0.15, 0.2) is 0 Å². The van der Waals surface area contributed by atoms with Gasteiger partial charge in [-0.25, -0.2) is 0 Å². The lowest BCUT2D eigenvalue weighted by atomic mass is 9.95. The second-order valence-corrected chi connectivity index (χ2v) is 5.22. The summed E-state index contributed by atoms with van der Waals surface area (Å²) in [6, 6.07) is 0.250. The highest BCUT2D eigenvalue weighted by molar-refractivity contribution is 5.78. The summed E-state index contributed by atoms with van der Waals surface area (Å²) in [5, 5.41) is 3.36. The van der Waals surface area contributed by atoms with E-state index in [9.17, 15) is 4.79 Å². The van der Waals surface area contributed by atoms with Crippen LogP contribution in [0.2, 0.25) is 0 Å². The Labute approximate surface area is 105 Å². The number of carbonyl (C=O) groups is 1. The number of nitrogens with zero attached hydrogens (tertiary/aromatic N) is 1. The van der Waals surface area contributed by atoms with Crippen molar-refractivity contribution in [3.05, 3.63) is 0 Å². The molecule has 1 aliphatic rings. The first-order valence-corrected chi connectivity index (χ1v) is 6.58. The fraction of sp³-hybridized carbons (Fsp3) is 0.923. The minimum atomic E-state index is 0.250. The van der Waals surface area contributed by atoms with Gasteiger partial charge in [0.25, 0.3) is 0 Å². The molecular formula is C13H26N2O2. The van der Waals surface area contributed by atoms with E-state index in [4.69, 9.17) is 4.74 Å². The average molecular weight is 242 g/mol. The van der Waals surface area contributed by atoms with E-state index in [1.54, 1.807) is 7.11 Å². The Hall–Kier alpha value is -0.610. The molecule has 0 aliphatic carbocycles. The van der Waals surface area contributed by atoms with Gasteiger partial charge < -0.3 is 15.0 Å². The van der Waals surface area contributed by atoms with Gasteiger partial charge >= 0.3 is 0 Å². The molecule has 1 rings (SSSR count). The van der Waals surface area contributed by atoms with Crippen molar-refractivity contribution in [2.75, 3.05) is 33.4 Å². The highest BCUT2D eigenvalue weighted by Crippen LogP contribution is 2.24. The van der Waals surface area contributed by atoms with Crippen LogP contribution < -0.4 is 5.32 Å². The van der Waals surface area contributed by atoms with Crippen LogP contribution in [-0.2, 0) is 9.53 Å². The van der Waals surface area contributed by atoms with Gasteiger partial charge in [0.05, 0.1) is 6.61 Å². The molecule has 1 aliphatic heterocycles. The maximum atomic E-state index is 11.9. The Morgan fingerprint density at radius 2 is 2.24 bits per heavy atom. The first kappa shape index (κ1) is 14.5. The van der Waals surface area contributed by atoms with Gasteiger partial charge in [-0.1, -0.05) is 20.8 Å². The Balaban J connectivity index is 2.46. The molecule has 1 N–H and O–H groups in total. The highest BCUT2D eigenvalue weighted by atomic mass is 16.5. The van der Waals surface area contributed by atoms with Crippen molar-refractivity contribution in [1.29, 1.82) is 0 Å². The standard InChI is InChI=1S/C13H26N2O2/c1-5-14-12(9-17-4)8-15-7-11(10(2)3)6-13(15)16/h10-12,14H,5-9H2,1-4H3. The van der Waals surface area contributed by atoms with Crippen LogP contribution in [-0.4, -0.2) is 50.2 Å². The molecular weight excluding hydrogens is 216 g/mol. The number of likely N-dealkylation sites (tertiary alicyclic amines) is 1. The topological polar surface area (TPSA) is 41.6 Å². The number of nitrogens with one attached hydrogen (secondary N) is 1. The van der Waals surface area contributed by atoms with E-state index in [0.717, 1.165) is 19.6 Å². The van der Waals surface area contributed by atoms with Crippen molar-refractivity contribution in [3.63, 3.8) is 0 Å². The molecule has 1 fully saturated rings. The van der Waals surface area contributed by atoms with E-state index in [-0.39, 0.29) is 6.04 Å². The van der Waals surface area contributed by atoms with Gasteiger partial charge in [-0.05, 0) is 18.4 Å². The van der Waals surface area contributed by atoms with E-state index >= 15 is 0 Å². The van der Waals surface area contributed by atoms with E-state index < -0.39 is 0 Å². The Morgan fingerprint density at radius 1 is 1.53 bits per heavy atom. The summed E-state index contributed by atoms with van der Waals surface area (Å²) in [5.41, 5.74) is 0. The zero-order chi connectivity index (χ0) is 12.8. The predicted molar refractivity (Wildman–Crippen MR) is 68.9 cm³/mol. The second kappa shape index (κ2) is 6.97. The molecule has 0 radical (unpaired) electrons. The highest BCUT2D eigenvalue weighted by Gasteiger charge is 2.32. The van der Waals surface area contributed by atoms with Gasteiger partial charge in [-0.2, -0.15) is 0 Å². The quantitative estimate of drug-likeness (QED) is 0.727. The molecule has 4 heteroatoms. The lowest BCUT2D eigenvalue weighted by molar-refractivity contribution is -0.128. The summed E-state index contributed by atoms with van der Waals surface area (Å²) in [4.78, 5) is 13.9. The van der Waals surface area contributed by atoms with Crippen LogP contribution in [0.1, 0.15) is 27.2 Å². The zero-order valence-corrected chi connectivity index (χ0v) is 11.5. The molecule has 0 bridgehead atoms. The van der Waals surface area contributed by atoms with Crippen LogP contribution in [0.3, 0.4) is 0 Å². The third kappa shape index (κ3) is 4.28. The number of likely N-dealkylation sites (N-methyl/N-ethyl adjacent to an activating group) is 1. The molecule has 4 nitrogen and oxygen atoms in total. The largest absolute Gasteiger partial charge is 0.383 e. The summed E-state index contributed by atoms with van der Waals surface area (Å²) in [5.74, 6) is 1.40. The SMILES string of the molecule is CCNC(COC)CN1CC(C(C)C)CC1=O. The number of ether oxygens (including phenoxy) is 1. The van der Waals surface area contributed by atoms with Gasteiger partial charge in [0.2, 0.25) is 5.91 Å². The Morgan fingerprint density at radius 3 is 2.71 bits per heavy atom. The lowest BCUT2D eigenvalue weighted by Crippen LogP contribution is -2.44. The van der Waals surface area contributed by atoms with Crippen LogP contribution in [0.25, 0.3) is 0 Å². The zero-order valence-electron chi connectivity index (χ0n) is 11.5. The van der Waals surface area contributed by atoms with Crippen molar-refractivity contribution in [2.45, 2.75) is 33.2 Å². The maximum absolute atomic E-state index is 11.9. The van der Waals surface area contributed by atoms with Crippen LogP contribution in [0.5, 0.6) is 0 Å². The van der Waals surface area contributed by atoms with Crippen molar-refractivity contribution < 1.29 is 9.53 Å². The number of carbonyl (C=O) groups excluding carboxylic acids is 1. The number of amides is 1. The molecule has 0 aromatic rings. The summed E-state index contributed by atoms with van der Waals surface area (Å²) >= 11 is 0. The number of hydrogen-bond donors (Lipinski definition) is 1. The third-order valence-electron chi connectivity index (χ3n) is 3.49. The van der Waals surface area contributed by atoms with Crippen molar-refractivity contribution in [2.24, 2.45) is 11.8 Å². The molecule has 0 aromatic carbocycles. The van der Waals surface area contributed by atoms with E-state index in [1.165, 1.54) is 0 Å². The molecule has 100 valence electrons. The molecule has 17 heavy (non-hydrogen) atoms. The predicted octanol–water partition coefficient (Wildman–Crippen LogP) is 1.12. The smallest absolute Gasteiger partial charge is 0.222 e. The number of methoxy groups -OCH3 is 1. The first-order valence-electron chi connectivity index (χ1n) is 6.58. The van der Waals surface area contributed by atoms with Crippen LogP contribution >= 0.6 is 0 Å². The third-order valence-corrected chi connectivity index (χ3v) is 3.49. The maximum Gasteiger partial charge on any atom is 0.222 e. The molecule has 0 aromatic heterocycles. The number of hydrogen-bond acceptors (Lipinski definition) is 3. The molecule has 2 atom stereocenters. The fourth-order valence-corrected chi connectivity index (χ4v) is 2.36. The average Bonchev–Trinajstić information content (AvgIpc) is 2.61. The van der Waals surface area contributed by atoms with Crippen molar-refractivity contribution in [3.8, 4) is 0 Å². The molecule has 1 heterocycles. The van der Waals surface area contributed by atoms with Gasteiger partial charge in [0.1, 0.15) is 0 Å². The molecule has 0 spiro atoms. The van der Waals surface area contributed by atoms with Gasteiger partial charge in [-0.3, -0.25) is 4.79 Å². The molecule has 2 unspecified atom stereocenters. The van der Waals surface area contributed by atoms with Gasteiger partial charge in [0.15, 0.2) is 0 Å². The van der Waals surface area contributed by atoms with Gasteiger partial charge in [-0.15, -0.1) is 0 Å². The van der Waals surface area contributed by atoms with E-state index in [2.05, 4.69) is 26.1 Å². The Bertz CT molecular complexity index is 238. The van der Waals surface area contributed by atoms with Crippen LogP contribution in [0.4, 0.5) is 0 Å². The van der Waals surface area contributed by atoms with E-state index in [1.807, 2.05) is 4.90 Å². The summed E-state index contributed by atoms with van der Waals surface area (Å²) in [6.07, 6.45) is 0.712. The summed E-state index contributed by atoms with van der Waals surface area (Å²) in [7, 11) is 1.70. The van der Waals surface area contributed by atoms with Gasteiger partial charge in [0, 0.05) is 32.7 Å². The number of rotatable bonds is 7. The van der Waals surface area contributed by atoms with E-state index in [0.29, 0.717) is 30.8 Å².